The largest absolute Gasteiger partial charge is 0.394 e. The Balaban J connectivity index is 0.000000459. The summed E-state index contributed by atoms with van der Waals surface area (Å²) in [6.45, 7) is 4.11. The topological polar surface area (TPSA) is 67.5 Å². The van der Waals surface area contributed by atoms with Crippen molar-refractivity contribution in [3.8, 4) is 0 Å². The maximum absolute atomic E-state index is 12.2. The normalized spacial score (nSPS) is 24.9. The van der Waals surface area contributed by atoms with Crippen molar-refractivity contribution < 1.29 is 23.0 Å². The van der Waals surface area contributed by atoms with E-state index >= 15 is 0 Å². The Morgan fingerprint density at radius 1 is 1.58 bits per heavy atom. The molecule has 0 spiro atoms. The number of ether oxygens (including phenoxy) is 1. The maximum atomic E-state index is 12.2. The van der Waals surface area contributed by atoms with Crippen molar-refractivity contribution >= 4 is 17.3 Å². The molecule has 4 nitrogen and oxygen atoms in total. The third kappa shape index (κ3) is 7.54. The van der Waals surface area contributed by atoms with Gasteiger partial charge in [-0.3, -0.25) is 0 Å². The molecule has 0 radical (unpaired) electrons. The lowest BCUT2D eigenvalue weighted by atomic mass is 9.94. The van der Waals surface area contributed by atoms with E-state index in [-0.39, 0.29) is 0 Å². The molecule has 0 amide bonds. The second kappa shape index (κ2) is 8.55. The van der Waals surface area contributed by atoms with E-state index in [4.69, 9.17) is 10.5 Å². The third-order valence-electron chi connectivity index (χ3n) is 2.69. The summed E-state index contributed by atoms with van der Waals surface area (Å²) in [5.41, 5.74) is 5.02. The van der Waals surface area contributed by atoms with Gasteiger partial charge in [0.1, 0.15) is 0 Å². The lowest BCUT2D eigenvalue weighted by Crippen LogP contribution is -2.44. The first-order valence-electron chi connectivity index (χ1n) is 6.09. The van der Waals surface area contributed by atoms with E-state index in [1.807, 2.05) is 6.92 Å². The van der Waals surface area contributed by atoms with Crippen LogP contribution in [0.5, 0.6) is 0 Å². The number of hydrogen-bond donors (Lipinski definition) is 3. The van der Waals surface area contributed by atoms with Gasteiger partial charge in [0.2, 0.25) is 0 Å². The van der Waals surface area contributed by atoms with Gasteiger partial charge in [-0.2, -0.15) is 13.2 Å². The van der Waals surface area contributed by atoms with E-state index < -0.39 is 24.3 Å². The molecule has 0 aromatic heterocycles. The first kappa shape index (κ1) is 18.4. The molecule has 1 aliphatic rings. The highest BCUT2D eigenvalue weighted by Gasteiger charge is 2.45. The average Bonchev–Trinajstić information content (AvgIpc) is 2.28. The van der Waals surface area contributed by atoms with Gasteiger partial charge in [0.15, 0.2) is 5.11 Å². The SMILES string of the molecule is CC(C1OCCC[C@@H]1O)C(F)(F)F.CCNC(N)=S. The van der Waals surface area contributed by atoms with Crippen molar-refractivity contribution in [3.63, 3.8) is 0 Å². The minimum atomic E-state index is -4.29. The maximum Gasteiger partial charge on any atom is 0.394 e. The quantitative estimate of drug-likeness (QED) is 0.676. The number of rotatable bonds is 2. The van der Waals surface area contributed by atoms with Gasteiger partial charge in [-0.05, 0) is 32.0 Å². The van der Waals surface area contributed by atoms with Crippen molar-refractivity contribution in [1.82, 2.24) is 5.32 Å². The molecule has 2 unspecified atom stereocenters. The molecule has 0 aromatic carbocycles. The van der Waals surface area contributed by atoms with Crippen LogP contribution >= 0.6 is 12.2 Å². The monoisotopic (exact) mass is 302 g/mol. The number of nitrogens with two attached hydrogens (primary N) is 1. The zero-order chi connectivity index (χ0) is 15.1. The van der Waals surface area contributed by atoms with E-state index in [1.165, 1.54) is 0 Å². The van der Waals surface area contributed by atoms with Crippen LogP contribution in [0.2, 0.25) is 0 Å². The van der Waals surface area contributed by atoms with Crippen molar-refractivity contribution in [1.29, 1.82) is 0 Å². The van der Waals surface area contributed by atoms with Crippen LogP contribution in [0.3, 0.4) is 0 Å². The second-order valence-electron chi connectivity index (χ2n) is 4.27. The number of halogens is 3. The van der Waals surface area contributed by atoms with E-state index in [0.29, 0.717) is 24.6 Å². The summed E-state index contributed by atoms with van der Waals surface area (Å²) in [5.74, 6) is -1.59. The fraction of sp³-hybridized carbons (Fsp3) is 0.909. The highest BCUT2D eigenvalue weighted by atomic mass is 32.1. The number of nitrogens with one attached hydrogen (secondary N) is 1. The molecular formula is C11H21F3N2O2S. The van der Waals surface area contributed by atoms with Crippen molar-refractivity contribution in [3.05, 3.63) is 0 Å². The number of hydrogen-bond acceptors (Lipinski definition) is 3. The van der Waals surface area contributed by atoms with Gasteiger partial charge in [-0.15, -0.1) is 0 Å². The molecule has 1 rings (SSSR count). The highest BCUT2D eigenvalue weighted by molar-refractivity contribution is 7.80. The third-order valence-corrected chi connectivity index (χ3v) is 2.84. The van der Waals surface area contributed by atoms with Crippen LogP contribution in [-0.2, 0) is 4.74 Å². The Labute approximate surface area is 116 Å². The second-order valence-corrected chi connectivity index (χ2v) is 4.71. The van der Waals surface area contributed by atoms with Crippen LogP contribution < -0.4 is 11.1 Å². The smallest absolute Gasteiger partial charge is 0.390 e. The Hall–Kier alpha value is -0.600. The molecule has 3 atom stereocenters. The summed E-state index contributed by atoms with van der Waals surface area (Å²) in [7, 11) is 0. The van der Waals surface area contributed by atoms with Crippen molar-refractivity contribution in [2.45, 2.75) is 45.1 Å². The number of thiocarbonyl (C=S) groups is 1. The zero-order valence-corrected chi connectivity index (χ0v) is 11.9. The molecule has 1 aliphatic heterocycles. The van der Waals surface area contributed by atoms with Crippen LogP contribution in [0, 0.1) is 5.92 Å². The summed E-state index contributed by atoms with van der Waals surface area (Å²) in [6.07, 6.45) is -5.34. The molecule has 19 heavy (non-hydrogen) atoms. The van der Waals surface area contributed by atoms with Gasteiger partial charge in [0, 0.05) is 13.2 Å². The van der Waals surface area contributed by atoms with Gasteiger partial charge in [-0.25, -0.2) is 0 Å². The zero-order valence-electron chi connectivity index (χ0n) is 11.0. The summed E-state index contributed by atoms with van der Waals surface area (Å²) in [4.78, 5) is 0. The molecule has 0 aromatic rings. The Morgan fingerprint density at radius 2 is 2.16 bits per heavy atom. The standard InChI is InChI=1S/C8H13F3O2.C3H8N2S/c1-5(8(9,10)11)7-6(12)3-2-4-13-7;1-2-5-3(4)6/h5-7,12H,2-4H2,1H3;2H2,1H3,(H3,4,5,6)/t5?,6-,7?;/m0./s1. The fourth-order valence-electron chi connectivity index (χ4n) is 1.63. The van der Waals surface area contributed by atoms with Crippen LogP contribution in [0.4, 0.5) is 13.2 Å². The van der Waals surface area contributed by atoms with Crippen LogP contribution in [-0.4, -0.2) is 41.8 Å². The summed E-state index contributed by atoms with van der Waals surface area (Å²) in [6, 6.07) is 0. The average molecular weight is 302 g/mol. The molecule has 0 aliphatic carbocycles. The van der Waals surface area contributed by atoms with Gasteiger partial charge >= 0.3 is 6.18 Å². The number of aliphatic hydroxyl groups is 1. The molecule has 1 heterocycles. The van der Waals surface area contributed by atoms with E-state index in [9.17, 15) is 18.3 Å². The van der Waals surface area contributed by atoms with E-state index in [2.05, 4.69) is 17.5 Å². The first-order chi connectivity index (χ1) is 8.70. The van der Waals surface area contributed by atoms with Crippen LogP contribution in [0.15, 0.2) is 0 Å². The van der Waals surface area contributed by atoms with Crippen LogP contribution in [0.1, 0.15) is 26.7 Å². The highest BCUT2D eigenvalue weighted by Crippen LogP contribution is 2.33. The molecule has 0 saturated carbocycles. The molecule has 1 fully saturated rings. The Bertz CT molecular complexity index is 277. The lowest BCUT2D eigenvalue weighted by molar-refractivity contribution is -0.224. The van der Waals surface area contributed by atoms with Crippen LogP contribution in [0.25, 0.3) is 0 Å². The molecule has 0 bridgehead atoms. The summed E-state index contributed by atoms with van der Waals surface area (Å²) < 4.78 is 41.6. The molecule has 114 valence electrons. The molecule has 4 N–H and O–H groups in total. The van der Waals surface area contributed by atoms with Gasteiger partial charge in [0.05, 0.1) is 18.1 Å². The van der Waals surface area contributed by atoms with Crippen molar-refractivity contribution in [2.75, 3.05) is 13.2 Å². The Morgan fingerprint density at radius 3 is 2.47 bits per heavy atom. The van der Waals surface area contributed by atoms with E-state index in [1.54, 1.807) is 0 Å². The van der Waals surface area contributed by atoms with Gasteiger partial charge in [0.25, 0.3) is 0 Å². The fourth-order valence-corrected chi connectivity index (χ4v) is 1.77. The molecular weight excluding hydrogens is 281 g/mol. The molecule has 1 saturated heterocycles. The minimum Gasteiger partial charge on any atom is -0.390 e. The summed E-state index contributed by atoms with van der Waals surface area (Å²) >= 11 is 4.46. The lowest BCUT2D eigenvalue weighted by Gasteiger charge is -2.33. The Kier molecular flexibility index (Phi) is 8.28. The first-order valence-corrected chi connectivity index (χ1v) is 6.50. The minimum absolute atomic E-state index is 0.308. The van der Waals surface area contributed by atoms with Gasteiger partial charge in [-0.1, -0.05) is 6.92 Å². The predicted molar refractivity (Wildman–Crippen MR) is 70.7 cm³/mol. The number of aliphatic hydroxyl groups excluding tert-OH is 1. The molecule has 8 heteroatoms. The van der Waals surface area contributed by atoms with Crippen molar-refractivity contribution in [2.24, 2.45) is 11.7 Å². The number of alkyl halides is 3. The summed E-state index contributed by atoms with van der Waals surface area (Å²) in [5, 5.41) is 12.4. The van der Waals surface area contributed by atoms with E-state index in [0.717, 1.165) is 13.5 Å². The van der Waals surface area contributed by atoms with Gasteiger partial charge < -0.3 is 20.9 Å². The predicted octanol–water partition coefficient (Wildman–Crippen LogP) is 1.56.